The van der Waals surface area contributed by atoms with Crippen LogP contribution in [0.15, 0.2) is 59.1 Å². The molecule has 0 heterocycles. The van der Waals surface area contributed by atoms with Gasteiger partial charge in [0.2, 0.25) is 6.29 Å². The van der Waals surface area contributed by atoms with E-state index < -0.39 is 5.92 Å². The molecule has 0 bridgehead atoms. The summed E-state index contributed by atoms with van der Waals surface area (Å²) in [6, 6.07) is 16.6. The minimum Gasteiger partial charge on any atom is -0.298 e. The lowest BCUT2D eigenvalue weighted by molar-refractivity contribution is -0.118. The Kier molecular flexibility index (Phi) is 4.63. The summed E-state index contributed by atoms with van der Waals surface area (Å²) < 4.78 is 0.845. The largest absolute Gasteiger partial charge is 0.298 e. The molecule has 0 aliphatic rings. The van der Waals surface area contributed by atoms with E-state index in [1.807, 2.05) is 42.7 Å². The molecule has 19 heavy (non-hydrogen) atoms. The van der Waals surface area contributed by atoms with Crippen molar-refractivity contribution in [1.82, 2.24) is 0 Å². The number of carbonyl (C=O) groups excluding carboxylic acids is 2. The van der Waals surface area contributed by atoms with Crippen LogP contribution in [0.4, 0.5) is 0 Å². The average Bonchev–Trinajstić information content (AvgIpc) is 2.41. The standard InChI is InChI=1S/C16H12BrO2/c17-14-8-4-7-13(10-14)15(11-18)16(19)9-12-5-2-1-3-6-12/h1-8,10,15H,9H2. The van der Waals surface area contributed by atoms with Crippen molar-refractivity contribution in [3.05, 3.63) is 70.2 Å². The van der Waals surface area contributed by atoms with Gasteiger partial charge in [-0.1, -0.05) is 58.4 Å². The molecular formula is C16H12BrO2. The molecule has 1 unspecified atom stereocenters. The maximum Gasteiger partial charge on any atom is 0.214 e. The Labute approximate surface area is 120 Å². The van der Waals surface area contributed by atoms with Gasteiger partial charge in [-0.15, -0.1) is 0 Å². The van der Waals surface area contributed by atoms with E-state index in [2.05, 4.69) is 15.9 Å². The number of carbonyl (C=O) groups is 1. The first kappa shape index (κ1) is 13.7. The van der Waals surface area contributed by atoms with Crippen LogP contribution >= 0.6 is 15.9 Å². The lowest BCUT2D eigenvalue weighted by atomic mass is 9.92. The van der Waals surface area contributed by atoms with Crippen molar-refractivity contribution in [2.45, 2.75) is 12.3 Å². The van der Waals surface area contributed by atoms with Crippen LogP contribution in [0.1, 0.15) is 17.0 Å². The second-order valence-electron chi connectivity index (χ2n) is 4.23. The summed E-state index contributed by atoms with van der Waals surface area (Å²) in [5.74, 6) is -0.961. The fraction of sp³-hybridized carbons (Fsp3) is 0.125. The zero-order valence-corrected chi connectivity index (χ0v) is 11.8. The Hall–Kier alpha value is -1.74. The molecule has 0 amide bonds. The molecule has 0 spiro atoms. The molecule has 0 saturated heterocycles. The molecule has 2 nitrogen and oxygen atoms in total. The highest BCUT2D eigenvalue weighted by molar-refractivity contribution is 9.10. The van der Waals surface area contributed by atoms with E-state index in [1.54, 1.807) is 18.2 Å². The van der Waals surface area contributed by atoms with Crippen molar-refractivity contribution >= 4 is 28.0 Å². The van der Waals surface area contributed by atoms with E-state index in [0.29, 0.717) is 5.56 Å². The number of hydrogen-bond donors (Lipinski definition) is 0. The molecular weight excluding hydrogens is 304 g/mol. The summed E-state index contributed by atoms with van der Waals surface area (Å²) in [6.45, 7) is 0. The van der Waals surface area contributed by atoms with Crippen LogP contribution in [-0.4, -0.2) is 12.1 Å². The Bertz CT molecular complexity index is 578. The fourth-order valence-corrected chi connectivity index (χ4v) is 2.32. The number of halogens is 1. The van der Waals surface area contributed by atoms with Crippen LogP contribution in [0.2, 0.25) is 0 Å². The van der Waals surface area contributed by atoms with Gasteiger partial charge in [0, 0.05) is 10.9 Å². The Morgan fingerprint density at radius 2 is 1.84 bits per heavy atom. The molecule has 0 N–H and O–H groups in total. The SMILES string of the molecule is O=[C]C(C(=O)Cc1ccccc1)c1cccc(Br)c1. The zero-order chi connectivity index (χ0) is 13.7. The monoisotopic (exact) mass is 315 g/mol. The normalized spacial score (nSPS) is 11.8. The van der Waals surface area contributed by atoms with Gasteiger partial charge in [-0.3, -0.25) is 9.59 Å². The minimum absolute atomic E-state index is 0.140. The highest BCUT2D eigenvalue weighted by Gasteiger charge is 2.21. The molecule has 2 rings (SSSR count). The van der Waals surface area contributed by atoms with Gasteiger partial charge in [0.15, 0.2) is 5.78 Å². The van der Waals surface area contributed by atoms with E-state index in [-0.39, 0.29) is 12.2 Å². The van der Waals surface area contributed by atoms with Crippen LogP contribution in [0.5, 0.6) is 0 Å². The molecule has 0 aromatic heterocycles. The maximum absolute atomic E-state index is 12.2. The molecule has 0 saturated carbocycles. The van der Waals surface area contributed by atoms with Crippen LogP contribution in [0.3, 0.4) is 0 Å². The molecule has 0 aliphatic carbocycles. The molecule has 0 fully saturated rings. The van der Waals surface area contributed by atoms with Gasteiger partial charge in [0.1, 0.15) is 5.92 Å². The predicted octanol–water partition coefficient (Wildman–Crippen LogP) is 3.45. The second kappa shape index (κ2) is 6.43. The average molecular weight is 316 g/mol. The third-order valence-electron chi connectivity index (χ3n) is 2.84. The van der Waals surface area contributed by atoms with Crippen molar-refractivity contribution in [1.29, 1.82) is 0 Å². The number of hydrogen-bond acceptors (Lipinski definition) is 2. The Morgan fingerprint density at radius 3 is 2.47 bits per heavy atom. The summed E-state index contributed by atoms with van der Waals surface area (Å²) in [6.07, 6.45) is 2.09. The molecule has 95 valence electrons. The molecule has 1 radical (unpaired) electrons. The first-order chi connectivity index (χ1) is 9.20. The summed E-state index contributed by atoms with van der Waals surface area (Å²) in [7, 11) is 0. The van der Waals surface area contributed by atoms with Gasteiger partial charge in [0.05, 0.1) is 0 Å². The van der Waals surface area contributed by atoms with Crippen LogP contribution in [0.25, 0.3) is 0 Å². The third kappa shape index (κ3) is 3.61. The summed E-state index contributed by atoms with van der Waals surface area (Å²) in [5, 5.41) is 0. The fourth-order valence-electron chi connectivity index (χ4n) is 1.90. The highest BCUT2D eigenvalue weighted by atomic mass is 79.9. The lowest BCUT2D eigenvalue weighted by Gasteiger charge is -2.09. The molecule has 2 aromatic carbocycles. The van der Waals surface area contributed by atoms with E-state index >= 15 is 0 Å². The maximum atomic E-state index is 12.2. The van der Waals surface area contributed by atoms with Crippen LogP contribution in [0, 0.1) is 0 Å². The first-order valence-corrected chi connectivity index (χ1v) is 6.70. The minimum atomic E-state index is -0.822. The van der Waals surface area contributed by atoms with E-state index in [0.717, 1.165) is 10.0 Å². The predicted molar refractivity (Wildman–Crippen MR) is 77.7 cm³/mol. The van der Waals surface area contributed by atoms with Crippen molar-refractivity contribution in [2.24, 2.45) is 0 Å². The van der Waals surface area contributed by atoms with Gasteiger partial charge in [-0.25, -0.2) is 0 Å². The number of benzene rings is 2. The first-order valence-electron chi connectivity index (χ1n) is 5.90. The van der Waals surface area contributed by atoms with Gasteiger partial charge >= 0.3 is 0 Å². The van der Waals surface area contributed by atoms with E-state index in [1.165, 1.54) is 0 Å². The van der Waals surface area contributed by atoms with Crippen molar-refractivity contribution < 1.29 is 9.59 Å². The molecule has 0 aliphatic heterocycles. The number of rotatable bonds is 5. The summed E-state index contributed by atoms with van der Waals surface area (Å²) >= 11 is 3.33. The van der Waals surface area contributed by atoms with E-state index in [9.17, 15) is 9.59 Å². The topological polar surface area (TPSA) is 34.1 Å². The van der Waals surface area contributed by atoms with Gasteiger partial charge in [-0.2, -0.15) is 0 Å². The van der Waals surface area contributed by atoms with Crippen molar-refractivity contribution in [3.63, 3.8) is 0 Å². The molecule has 3 heteroatoms. The highest BCUT2D eigenvalue weighted by Crippen LogP contribution is 2.21. The van der Waals surface area contributed by atoms with Crippen LogP contribution < -0.4 is 0 Å². The summed E-state index contributed by atoms with van der Waals surface area (Å²) in [4.78, 5) is 23.3. The number of Topliss-reactive ketones (excluding diaryl/α,β-unsaturated/α-hetero) is 1. The lowest BCUT2D eigenvalue weighted by Crippen LogP contribution is -2.16. The molecule has 2 aromatic rings. The Morgan fingerprint density at radius 1 is 1.11 bits per heavy atom. The van der Waals surface area contributed by atoms with E-state index in [4.69, 9.17) is 0 Å². The van der Waals surface area contributed by atoms with Gasteiger partial charge < -0.3 is 0 Å². The van der Waals surface area contributed by atoms with Crippen molar-refractivity contribution in [3.8, 4) is 0 Å². The van der Waals surface area contributed by atoms with Crippen LogP contribution in [-0.2, 0) is 16.0 Å². The number of ketones is 1. The second-order valence-corrected chi connectivity index (χ2v) is 5.15. The smallest absolute Gasteiger partial charge is 0.214 e. The zero-order valence-electron chi connectivity index (χ0n) is 10.2. The Balaban J connectivity index is 2.18. The quantitative estimate of drug-likeness (QED) is 0.792. The van der Waals surface area contributed by atoms with Gasteiger partial charge in [-0.05, 0) is 23.3 Å². The van der Waals surface area contributed by atoms with Crippen molar-refractivity contribution in [2.75, 3.05) is 0 Å². The third-order valence-corrected chi connectivity index (χ3v) is 3.34. The summed E-state index contributed by atoms with van der Waals surface area (Å²) in [5.41, 5.74) is 1.58. The van der Waals surface area contributed by atoms with Gasteiger partial charge in [0.25, 0.3) is 0 Å². The molecule has 1 atom stereocenters.